The van der Waals surface area contributed by atoms with Gasteiger partial charge in [0.2, 0.25) is 0 Å². The van der Waals surface area contributed by atoms with Gasteiger partial charge in [-0.15, -0.1) is 0 Å². The van der Waals surface area contributed by atoms with Crippen LogP contribution in [0.3, 0.4) is 0 Å². The molecule has 0 aromatic heterocycles. The number of hydrogen-bond donors (Lipinski definition) is 0. The third kappa shape index (κ3) is 3.24. The van der Waals surface area contributed by atoms with Crippen molar-refractivity contribution in [3.05, 3.63) is 78.8 Å². The van der Waals surface area contributed by atoms with Crippen molar-refractivity contribution < 1.29 is 9.85 Å². The zero-order valence-corrected chi connectivity index (χ0v) is 11.4. The van der Waals surface area contributed by atoms with Crippen molar-refractivity contribution in [1.82, 2.24) is 0 Å². The molecule has 0 amide bonds. The molecule has 106 valence electrons. The Morgan fingerprint density at radius 1 is 0.857 bits per heavy atom. The molecule has 0 spiro atoms. The Labute approximate surface area is 124 Å². The van der Waals surface area contributed by atoms with E-state index in [1.165, 1.54) is 36.4 Å². The quantitative estimate of drug-likeness (QED) is 0.478. The fourth-order valence-corrected chi connectivity index (χ4v) is 2.05. The van der Waals surface area contributed by atoms with E-state index >= 15 is 0 Å². The largest absolute Gasteiger partial charge is 0.278 e. The number of hydrogen-bond acceptors (Lipinski definition) is 4. The Kier molecular flexibility index (Phi) is 4.30. The predicted octanol–water partition coefficient (Wildman–Crippen LogP) is 4.33. The summed E-state index contributed by atoms with van der Waals surface area (Å²) in [5.74, 6) is 0. The predicted molar refractivity (Wildman–Crippen MR) is 80.1 cm³/mol. The summed E-state index contributed by atoms with van der Waals surface area (Å²) < 4.78 is 0. The van der Waals surface area contributed by atoms with Crippen LogP contribution in [0.4, 0.5) is 11.4 Å². The number of benzene rings is 2. The highest BCUT2D eigenvalue weighted by Crippen LogP contribution is 2.29. The van der Waals surface area contributed by atoms with E-state index in [2.05, 4.69) is 0 Å². The molecule has 7 heteroatoms. The first-order chi connectivity index (χ1) is 10.0. The molecule has 0 fully saturated rings. The van der Waals surface area contributed by atoms with E-state index in [9.17, 15) is 20.2 Å². The molecule has 2 rings (SSSR count). The third-order valence-electron chi connectivity index (χ3n) is 2.79. The van der Waals surface area contributed by atoms with Crippen molar-refractivity contribution in [3.8, 4) is 0 Å². The number of nitro benzene ring substituents is 2. The molecule has 0 aliphatic heterocycles. The summed E-state index contributed by atoms with van der Waals surface area (Å²) in [5, 5.41) is 22.1. The van der Waals surface area contributed by atoms with E-state index in [1.54, 1.807) is 18.2 Å². The van der Waals surface area contributed by atoms with Gasteiger partial charge in [-0.25, -0.2) is 0 Å². The average Bonchev–Trinajstić information content (AvgIpc) is 2.45. The Bertz CT molecular complexity index is 744. The maximum atomic E-state index is 11.0. The summed E-state index contributed by atoms with van der Waals surface area (Å²) in [6.45, 7) is 0. The van der Waals surface area contributed by atoms with Crippen LogP contribution in [-0.2, 0) is 0 Å². The van der Waals surface area contributed by atoms with Gasteiger partial charge in [0.1, 0.15) is 0 Å². The molecule has 0 unspecified atom stereocenters. The second-order valence-electron chi connectivity index (χ2n) is 4.08. The van der Waals surface area contributed by atoms with Crippen molar-refractivity contribution in [2.45, 2.75) is 0 Å². The van der Waals surface area contributed by atoms with Crippen molar-refractivity contribution in [1.29, 1.82) is 0 Å². The lowest BCUT2D eigenvalue weighted by Gasteiger charge is -2.00. The summed E-state index contributed by atoms with van der Waals surface area (Å²) in [4.78, 5) is 20.8. The number of para-hydroxylation sites is 1. The minimum atomic E-state index is -0.551. The van der Waals surface area contributed by atoms with E-state index in [-0.39, 0.29) is 22.0 Å². The monoisotopic (exact) mass is 304 g/mol. The Hall–Kier alpha value is -2.73. The lowest BCUT2D eigenvalue weighted by Crippen LogP contribution is -1.92. The van der Waals surface area contributed by atoms with E-state index in [0.717, 1.165) is 0 Å². The Morgan fingerprint density at radius 2 is 1.48 bits per heavy atom. The highest BCUT2D eigenvalue weighted by molar-refractivity contribution is 6.32. The van der Waals surface area contributed by atoms with Crippen molar-refractivity contribution in [3.63, 3.8) is 0 Å². The highest BCUT2D eigenvalue weighted by Gasteiger charge is 2.15. The van der Waals surface area contributed by atoms with Crippen LogP contribution in [0.5, 0.6) is 0 Å². The van der Waals surface area contributed by atoms with Gasteiger partial charge in [-0.05, 0) is 24.3 Å². The summed E-state index contributed by atoms with van der Waals surface area (Å²) in [7, 11) is 0. The fourth-order valence-electron chi connectivity index (χ4n) is 1.82. The van der Waals surface area contributed by atoms with Gasteiger partial charge < -0.3 is 0 Å². The molecule has 0 saturated heterocycles. The van der Waals surface area contributed by atoms with E-state index < -0.39 is 9.85 Å². The van der Waals surface area contributed by atoms with Gasteiger partial charge in [0.25, 0.3) is 11.4 Å². The Morgan fingerprint density at radius 3 is 2.14 bits per heavy atom. The normalized spacial score (nSPS) is 10.7. The molecular formula is C14H9ClN2O4. The van der Waals surface area contributed by atoms with Gasteiger partial charge in [0.15, 0.2) is 0 Å². The molecule has 0 radical (unpaired) electrons. The van der Waals surface area contributed by atoms with Crippen LogP contribution in [0.15, 0.2) is 42.5 Å². The first-order valence-electron chi connectivity index (χ1n) is 5.85. The first kappa shape index (κ1) is 14.7. The van der Waals surface area contributed by atoms with Crippen molar-refractivity contribution >= 4 is 35.1 Å². The number of nitro groups is 2. The second-order valence-corrected chi connectivity index (χ2v) is 4.49. The van der Waals surface area contributed by atoms with Crippen LogP contribution >= 0.6 is 11.6 Å². The average molecular weight is 305 g/mol. The van der Waals surface area contributed by atoms with Crippen LogP contribution < -0.4 is 0 Å². The van der Waals surface area contributed by atoms with Gasteiger partial charge in [-0.1, -0.05) is 29.8 Å². The maximum Gasteiger partial charge on any atom is 0.278 e. The van der Waals surface area contributed by atoms with Gasteiger partial charge in [0.05, 0.1) is 26.0 Å². The molecule has 0 heterocycles. The molecule has 6 nitrogen and oxygen atoms in total. The molecule has 0 aliphatic rings. The molecular weight excluding hydrogens is 296 g/mol. The first-order valence-corrected chi connectivity index (χ1v) is 6.23. The third-order valence-corrected chi connectivity index (χ3v) is 3.12. The Balaban J connectivity index is 2.48. The molecule has 2 aromatic rings. The summed E-state index contributed by atoms with van der Waals surface area (Å²) >= 11 is 5.95. The van der Waals surface area contributed by atoms with Crippen LogP contribution in [0.25, 0.3) is 12.2 Å². The van der Waals surface area contributed by atoms with E-state index in [0.29, 0.717) is 5.56 Å². The lowest BCUT2D eigenvalue weighted by molar-refractivity contribution is -0.385. The zero-order chi connectivity index (χ0) is 15.4. The van der Waals surface area contributed by atoms with Crippen LogP contribution in [0.1, 0.15) is 11.1 Å². The van der Waals surface area contributed by atoms with Gasteiger partial charge >= 0.3 is 0 Å². The number of rotatable bonds is 4. The standard InChI is InChI=1S/C14H9ClN2O4/c15-12-5-3-7-14(17(20)21)11(12)9-8-10-4-1-2-6-13(10)16(18)19/h1-9H/b9-8+. The fraction of sp³-hybridized carbons (Fsp3) is 0. The van der Waals surface area contributed by atoms with Gasteiger partial charge in [-0.2, -0.15) is 0 Å². The van der Waals surface area contributed by atoms with Crippen LogP contribution in [-0.4, -0.2) is 9.85 Å². The smallest absolute Gasteiger partial charge is 0.258 e. The maximum absolute atomic E-state index is 11.0. The molecule has 0 atom stereocenters. The van der Waals surface area contributed by atoms with Crippen LogP contribution in [0.2, 0.25) is 5.02 Å². The minimum absolute atomic E-state index is 0.0801. The molecule has 0 saturated carbocycles. The van der Waals surface area contributed by atoms with Crippen molar-refractivity contribution in [2.75, 3.05) is 0 Å². The van der Waals surface area contributed by atoms with E-state index in [1.807, 2.05) is 0 Å². The van der Waals surface area contributed by atoms with E-state index in [4.69, 9.17) is 11.6 Å². The molecule has 21 heavy (non-hydrogen) atoms. The molecule has 0 aliphatic carbocycles. The van der Waals surface area contributed by atoms with Gasteiger partial charge in [-0.3, -0.25) is 20.2 Å². The minimum Gasteiger partial charge on any atom is -0.258 e. The lowest BCUT2D eigenvalue weighted by atomic mass is 10.1. The summed E-state index contributed by atoms with van der Waals surface area (Å²) in [6, 6.07) is 10.4. The molecule has 0 bridgehead atoms. The highest BCUT2D eigenvalue weighted by atomic mass is 35.5. The molecule has 0 N–H and O–H groups in total. The van der Waals surface area contributed by atoms with Crippen LogP contribution in [0, 0.1) is 20.2 Å². The van der Waals surface area contributed by atoms with Crippen molar-refractivity contribution in [2.24, 2.45) is 0 Å². The zero-order valence-electron chi connectivity index (χ0n) is 10.6. The topological polar surface area (TPSA) is 86.3 Å². The SMILES string of the molecule is O=[N+]([O-])c1ccccc1/C=C/c1c(Cl)cccc1[N+](=O)[O-]. The second kappa shape index (κ2) is 6.15. The number of nitrogens with zero attached hydrogens (tertiary/aromatic N) is 2. The van der Waals surface area contributed by atoms with Gasteiger partial charge in [0, 0.05) is 12.1 Å². The summed E-state index contributed by atoms with van der Waals surface area (Å²) in [5.41, 5.74) is 0.319. The summed E-state index contributed by atoms with van der Waals surface area (Å²) in [6.07, 6.45) is 2.84. The number of halogens is 1. The molecule has 2 aromatic carbocycles.